The lowest BCUT2D eigenvalue weighted by Gasteiger charge is -2.15. The molecular weight excluding hydrogens is 444 g/mol. The van der Waals surface area contributed by atoms with E-state index in [1.807, 2.05) is 6.07 Å². The molecule has 2 atom stereocenters. The summed E-state index contributed by atoms with van der Waals surface area (Å²) in [6.07, 6.45) is 1.22. The molecule has 2 aliphatic heterocycles. The van der Waals surface area contributed by atoms with E-state index in [9.17, 15) is 19.5 Å². The fourth-order valence-electron chi connectivity index (χ4n) is 3.37. The van der Waals surface area contributed by atoms with E-state index in [0.717, 1.165) is 44.0 Å². The zero-order valence-corrected chi connectivity index (χ0v) is 18.8. The fraction of sp³-hybridized carbons (Fsp3) is 0.500. The molecule has 5 N–H and O–H groups in total. The Labute approximate surface area is 197 Å². The summed E-state index contributed by atoms with van der Waals surface area (Å²) in [5.41, 5.74) is 1.37. The lowest BCUT2D eigenvalue weighted by Crippen LogP contribution is -2.48. The van der Waals surface area contributed by atoms with Crippen molar-refractivity contribution in [1.82, 2.24) is 21.3 Å². The van der Waals surface area contributed by atoms with E-state index in [2.05, 4.69) is 31.4 Å². The molecule has 1 aromatic rings. The summed E-state index contributed by atoms with van der Waals surface area (Å²) in [6.45, 7) is 2.13. The number of aliphatic imine (C=N–C) groups is 1. The predicted molar refractivity (Wildman–Crippen MR) is 123 cm³/mol. The van der Waals surface area contributed by atoms with Gasteiger partial charge < -0.3 is 35.9 Å². The largest absolute Gasteiger partial charge is 0.480 e. The zero-order chi connectivity index (χ0) is 24.2. The highest BCUT2D eigenvalue weighted by molar-refractivity contribution is 6.01. The number of nitrogens with one attached hydrogen (secondary N) is 4. The van der Waals surface area contributed by atoms with E-state index in [1.165, 1.54) is 0 Å². The topological polar surface area (TPSA) is 163 Å². The number of guanidine groups is 1. The summed E-state index contributed by atoms with van der Waals surface area (Å²) in [6, 6.07) is 7.67. The van der Waals surface area contributed by atoms with Gasteiger partial charge >= 0.3 is 12.1 Å². The molecule has 12 heteroatoms. The van der Waals surface area contributed by atoms with Gasteiger partial charge in [0.15, 0.2) is 5.96 Å². The van der Waals surface area contributed by atoms with Gasteiger partial charge in [0.2, 0.25) is 5.91 Å². The molecule has 0 fully saturated rings. The van der Waals surface area contributed by atoms with Gasteiger partial charge in [-0.3, -0.25) is 9.79 Å². The molecule has 0 aromatic heterocycles. The van der Waals surface area contributed by atoms with Crippen LogP contribution in [-0.2, 0) is 25.8 Å². The Balaban J connectivity index is 1.30. The number of carbonyl (C=O) groups excluding carboxylic acids is 2. The zero-order valence-electron chi connectivity index (χ0n) is 18.8. The molecule has 0 radical (unpaired) electrons. The lowest BCUT2D eigenvalue weighted by molar-refractivity contribution is -0.139. The fourth-order valence-corrected chi connectivity index (χ4v) is 3.37. The Morgan fingerprint density at radius 3 is 2.82 bits per heavy atom. The van der Waals surface area contributed by atoms with Crippen LogP contribution in [0.25, 0.3) is 0 Å². The van der Waals surface area contributed by atoms with Crippen LogP contribution in [0, 0.1) is 0 Å². The molecule has 2 amide bonds. The third-order valence-corrected chi connectivity index (χ3v) is 5.13. The highest BCUT2D eigenvalue weighted by Gasteiger charge is 2.25. The van der Waals surface area contributed by atoms with Crippen LogP contribution in [0.1, 0.15) is 31.2 Å². The maximum Gasteiger partial charge on any atom is 0.408 e. The summed E-state index contributed by atoms with van der Waals surface area (Å²) < 4.78 is 5.03. The van der Waals surface area contributed by atoms with E-state index < -0.39 is 24.0 Å². The van der Waals surface area contributed by atoms with E-state index >= 15 is 0 Å². The molecule has 0 saturated heterocycles. The van der Waals surface area contributed by atoms with Gasteiger partial charge in [-0.15, -0.1) is 0 Å². The highest BCUT2D eigenvalue weighted by atomic mass is 16.6. The highest BCUT2D eigenvalue weighted by Crippen LogP contribution is 2.17. The summed E-state index contributed by atoms with van der Waals surface area (Å²) in [5.74, 6) is -0.869. The Morgan fingerprint density at radius 2 is 2.09 bits per heavy atom. The quantitative estimate of drug-likeness (QED) is 0.271. The molecule has 2 heterocycles. The normalized spacial score (nSPS) is 17.5. The maximum absolute atomic E-state index is 12.2. The molecule has 0 bridgehead atoms. The summed E-state index contributed by atoms with van der Waals surface area (Å²) >= 11 is 0. The van der Waals surface area contributed by atoms with Crippen LogP contribution in [0.2, 0.25) is 0 Å². The van der Waals surface area contributed by atoms with Gasteiger partial charge in [-0.05, 0) is 18.4 Å². The van der Waals surface area contributed by atoms with Crippen LogP contribution in [0.3, 0.4) is 0 Å². The van der Waals surface area contributed by atoms with Crippen molar-refractivity contribution in [3.63, 3.8) is 0 Å². The van der Waals surface area contributed by atoms with E-state index in [0.29, 0.717) is 12.1 Å². The molecule has 34 heavy (non-hydrogen) atoms. The number of amides is 2. The van der Waals surface area contributed by atoms with Gasteiger partial charge in [0.05, 0.1) is 18.7 Å². The van der Waals surface area contributed by atoms with Crippen molar-refractivity contribution in [2.24, 2.45) is 10.1 Å². The van der Waals surface area contributed by atoms with Crippen molar-refractivity contribution in [3.05, 3.63) is 35.9 Å². The number of hydrogen-bond donors (Lipinski definition) is 5. The summed E-state index contributed by atoms with van der Waals surface area (Å²) in [4.78, 5) is 45.2. The Kier molecular flexibility index (Phi) is 9.50. The minimum absolute atomic E-state index is 0.000266. The number of aliphatic carboxylic acids is 1. The molecule has 0 saturated carbocycles. The van der Waals surface area contributed by atoms with Gasteiger partial charge in [-0.2, -0.15) is 0 Å². The van der Waals surface area contributed by atoms with Crippen LogP contribution >= 0.6 is 0 Å². The van der Waals surface area contributed by atoms with Crippen LogP contribution in [-0.4, -0.2) is 73.1 Å². The Hall–Kier alpha value is -3.83. The molecule has 1 aromatic carbocycles. The van der Waals surface area contributed by atoms with Crippen molar-refractivity contribution in [1.29, 1.82) is 0 Å². The first-order chi connectivity index (χ1) is 16.5. The first kappa shape index (κ1) is 24.8. The number of oxime groups is 1. The molecule has 2 unspecified atom stereocenters. The first-order valence-corrected chi connectivity index (χ1v) is 11.2. The third-order valence-electron chi connectivity index (χ3n) is 5.13. The number of hydrogen-bond acceptors (Lipinski definition) is 9. The average molecular weight is 475 g/mol. The van der Waals surface area contributed by atoms with Crippen molar-refractivity contribution >= 4 is 29.6 Å². The molecule has 3 rings (SSSR count). The average Bonchev–Trinajstić information content (AvgIpc) is 3.51. The minimum atomic E-state index is -1.33. The number of nitrogens with zero attached hydrogens (tertiary/aromatic N) is 2. The number of carboxylic acid groups (broad SMARTS) is 1. The summed E-state index contributed by atoms with van der Waals surface area (Å²) in [7, 11) is 0. The Bertz CT molecular complexity index is 906. The van der Waals surface area contributed by atoms with Crippen LogP contribution in [0.4, 0.5) is 4.79 Å². The SMILES string of the molecule is O=C(CC1=NOC(CCCNC2=NCCN2)C1)NCC(NC(=O)OCc1ccccc1)C(=O)O. The number of rotatable bonds is 12. The number of benzene rings is 1. The first-order valence-electron chi connectivity index (χ1n) is 11.2. The second-order valence-corrected chi connectivity index (χ2v) is 7.89. The smallest absolute Gasteiger partial charge is 0.408 e. The second-order valence-electron chi connectivity index (χ2n) is 7.89. The van der Waals surface area contributed by atoms with Crippen LogP contribution in [0.15, 0.2) is 40.5 Å². The third kappa shape index (κ3) is 8.60. The van der Waals surface area contributed by atoms with Crippen molar-refractivity contribution in [2.45, 2.75) is 44.4 Å². The van der Waals surface area contributed by atoms with Crippen LogP contribution in [0.5, 0.6) is 0 Å². The van der Waals surface area contributed by atoms with Gasteiger partial charge in [0.1, 0.15) is 18.8 Å². The van der Waals surface area contributed by atoms with Crippen molar-refractivity contribution < 1.29 is 29.1 Å². The van der Waals surface area contributed by atoms with E-state index in [1.54, 1.807) is 24.3 Å². The molecule has 12 nitrogen and oxygen atoms in total. The van der Waals surface area contributed by atoms with Gasteiger partial charge in [0, 0.05) is 26.1 Å². The maximum atomic E-state index is 12.2. The van der Waals surface area contributed by atoms with Gasteiger partial charge in [0.25, 0.3) is 0 Å². The molecule has 0 spiro atoms. The van der Waals surface area contributed by atoms with E-state index in [-0.39, 0.29) is 25.7 Å². The second kappa shape index (κ2) is 13.0. The monoisotopic (exact) mass is 474 g/mol. The number of carboxylic acids is 1. The summed E-state index contributed by atoms with van der Waals surface area (Å²) in [5, 5.41) is 24.4. The van der Waals surface area contributed by atoms with E-state index in [4.69, 9.17) is 9.57 Å². The predicted octanol–water partition coefficient (Wildman–Crippen LogP) is 0.346. The van der Waals surface area contributed by atoms with Crippen LogP contribution < -0.4 is 21.3 Å². The van der Waals surface area contributed by atoms with Crippen molar-refractivity contribution in [2.75, 3.05) is 26.2 Å². The standard InChI is InChI=1S/C22H30N6O6/c29-19(12-16-11-17(34-28-16)7-4-8-23-21-24-9-10-25-21)26-13-18(20(30)31)27-22(32)33-14-15-5-2-1-3-6-15/h1-3,5-6,17-18H,4,7-14H2,(H,26,29)(H,27,32)(H,30,31)(H2,23,24,25). The lowest BCUT2D eigenvalue weighted by atomic mass is 10.1. The molecule has 0 aliphatic carbocycles. The molecule has 184 valence electrons. The molecule has 2 aliphatic rings. The molecular formula is C22H30N6O6. The van der Waals surface area contributed by atoms with Gasteiger partial charge in [-0.25, -0.2) is 9.59 Å². The van der Waals surface area contributed by atoms with Crippen molar-refractivity contribution in [3.8, 4) is 0 Å². The Morgan fingerprint density at radius 1 is 1.26 bits per heavy atom. The number of carbonyl (C=O) groups is 3. The number of ether oxygens (including phenoxy) is 1. The number of alkyl carbamates (subject to hydrolysis) is 1. The van der Waals surface area contributed by atoms with Gasteiger partial charge in [-0.1, -0.05) is 35.5 Å². The minimum Gasteiger partial charge on any atom is -0.480 e.